The van der Waals surface area contributed by atoms with Crippen molar-refractivity contribution in [3.05, 3.63) is 35.4 Å². The predicted octanol–water partition coefficient (Wildman–Crippen LogP) is 1.34. The lowest BCUT2D eigenvalue weighted by Gasteiger charge is -2.29. The van der Waals surface area contributed by atoms with Crippen LogP contribution in [0.4, 0.5) is 0 Å². The molecular weight excluding hydrogens is 377 g/mol. The van der Waals surface area contributed by atoms with Crippen molar-refractivity contribution in [3.8, 4) is 0 Å². The van der Waals surface area contributed by atoms with E-state index in [-0.39, 0.29) is 36.8 Å². The average Bonchev–Trinajstić information content (AvgIpc) is 2.60. The smallest absolute Gasteiger partial charge is 0.234 e. The monoisotopic (exact) mass is 407 g/mol. The van der Waals surface area contributed by atoms with E-state index in [2.05, 4.69) is 39.8 Å². The minimum Gasteiger partial charge on any atom is -0.393 e. The molecule has 0 atom stereocenters. The van der Waals surface area contributed by atoms with Gasteiger partial charge in [0.05, 0.1) is 19.3 Å². The van der Waals surface area contributed by atoms with Gasteiger partial charge in [0.15, 0.2) is 0 Å². The Kier molecular flexibility index (Phi) is 13.7. The van der Waals surface area contributed by atoms with Crippen molar-refractivity contribution in [2.24, 2.45) is 0 Å². The highest BCUT2D eigenvalue weighted by Gasteiger charge is 2.16. The Labute approximate surface area is 168 Å². The van der Waals surface area contributed by atoms with Crippen LogP contribution >= 0.6 is 24.8 Å². The van der Waals surface area contributed by atoms with Crippen molar-refractivity contribution < 1.29 is 14.6 Å². The summed E-state index contributed by atoms with van der Waals surface area (Å²) >= 11 is 0. The lowest BCUT2D eigenvalue weighted by atomic mass is 10.1. The van der Waals surface area contributed by atoms with Gasteiger partial charge in [-0.15, -0.1) is 24.8 Å². The van der Waals surface area contributed by atoms with Crippen molar-refractivity contribution in [3.63, 3.8) is 0 Å². The molecule has 6 nitrogen and oxygen atoms in total. The molecule has 0 aliphatic carbocycles. The second-order valence-corrected chi connectivity index (χ2v) is 6.27. The van der Waals surface area contributed by atoms with E-state index < -0.39 is 0 Å². The van der Waals surface area contributed by atoms with Crippen LogP contribution in [-0.4, -0.2) is 61.9 Å². The average molecular weight is 408 g/mol. The number of carbonyl (C=O) groups is 1. The van der Waals surface area contributed by atoms with Crippen LogP contribution in [0.15, 0.2) is 24.3 Å². The third-order valence-corrected chi connectivity index (χ3v) is 4.24. The summed E-state index contributed by atoms with van der Waals surface area (Å²) in [6.45, 7) is 4.95. The summed E-state index contributed by atoms with van der Waals surface area (Å²) in [6.07, 6.45) is 1.60. The van der Waals surface area contributed by atoms with Crippen LogP contribution in [0.3, 0.4) is 0 Å². The molecule has 0 aromatic heterocycles. The van der Waals surface area contributed by atoms with Gasteiger partial charge in [0.2, 0.25) is 5.91 Å². The van der Waals surface area contributed by atoms with Gasteiger partial charge < -0.3 is 20.5 Å². The van der Waals surface area contributed by atoms with Crippen LogP contribution in [0.1, 0.15) is 24.0 Å². The zero-order valence-corrected chi connectivity index (χ0v) is 16.9. The first-order valence-electron chi connectivity index (χ1n) is 8.62. The van der Waals surface area contributed by atoms with Gasteiger partial charge in [0.1, 0.15) is 0 Å². The number of hydrogen-bond acceptors (Lipinski definition) is 5. The zero-order chi connectivity index (χ0) is 17.2. The van der Waals surface area contributed by atoms with E-state index >= 15 is 0 Å². The van der Waals surface area contributed by atoms with Gasteiger partial charge in [-0.1, -0.05) is 24.3 Å². The third-order valence-electron chi connectivity index (χ3n) is 4.24. The van der Waals surface area contributed by atoms with Crippen LogP contribution in [0.2, 0.25) is 0 Å². The first kappa shape index (κ1) is 25.1. The van der Waals surface area contributed by atoms with Gasteiger partial charge in [-0.2, -0.15) is 0 Å². The van der Waals surface area contributed by atoms with Crippen LogP contribution in [0, 0.1) is 0 Å². The first-order valence-corrected chi connectivity index (χ1v) is 8.62. The number of aliphatic hydroxyl groups excluding tert-OH is 1. The quantitative estimate of drug-likeness (QED) is 0.538. The number of rotatable bonds is 9. The Morgan fingerprint density at radius 1 is 1.19 bits per heavy atom. The summed E-state index contributed by atoms with van der Waals surface area (Å²) in [5, 5.41) is 15.5. The third kappa shape index (κ3) is 9.71. The number of ether oxygens (including phenoxy) is 1. The summed E-state index contributed by atoms with van der Waals surface area (Å²) in [4.78, 5) is 14.1. The van der Waals surface area contributed by atoms with Gasteiger partial charge >= 0.3 is 0 Å². The minimum atomic E-state index is -0.128. The molecule has 1 aromatic carbocycles. The molecule has 0 saturated carbocycles. The molecule has 26 heavy (non-hydrogen) atoms. The maximum atomic E-state index is 11.7. The van der Waals surface area contributed by atoms with Crippen molar-refractivity contribution in [1.29, 1.82) is 0 Å². The fourth-order valence-electron chi connectivity index (χ4n) is 2.74. The van der Waals surface area contributed by atoms with E-state index in [1.807, 2.05) is 0 Å². The normalized spacial score (nSPS) is 15.0. The molecule has 2 rings (SSSR count). The predicted molar refractivity (Wildman–Crippen MR) is 108 cm³/mol. The van der Waals surface area contributed by atoms with Crippen LogP contribution < -0.4 is 10.6 Å². The SMILES string of the molecule is COCCNCC(=O)NCc1ccc(CN2CCC(O)CC2)cc1.Cl.Cl. The van der Waals surface area contributed by atoms with Crippen LogP contribution in [0.25, 0.3) is 0 Å². The number of nitrogens with zero attached hydrogens (tertiary/aromatic N) is 1. The number of piperidine rings is 1. The van der Waals surface area contributed by atoms with E-state index in [1.54, 1.807) is 7.11 Å². The number of carbonyl (C=O) groups excluding carboxylic acids is 1. The number of aliphatic hydroxyl groups is 1. The van der Waals surface area contributed by atoms with Gasteiger partial charge in [0, 0.05) is 39.8 Å². The van der Waals surface area contributed by atoms with Crippen molar-refractivity contribution in [2.75, 3.05) is 39.9 Å². The van der Waals surface area contributed by atoms with Gasteiger partial charge in [-0.25, -0.2) is 0 Å². The van der Waals surface area contributed by atoms with Gasteiger partial charge in [-0.05, 0) is 24.0 Å². The molecule has 1 aromatic rings. The fraction of sp³-hybridized carbons (Fsp3) is 0.611. The maximum absolute atomic E-state index is 11.7. The minimum absolute atomic E-state index is 0. The van der Waals surface area contributed by atoms with Gasteiger partial charge in [0.25, 0.3) is 0 Å². The highest BCUT2D eigenvalue weighted by molar-refractivity contribution is 5.85. The number of hydrogen-bond donors (Lipinski definition) is 3. The fourth-order valence-corrected chi connectivity index (χ4v) is 2.74. The lowest BCUT2D eigenvalue weighted by molar-refractivity contribution is -0.120. The summed E-state index contributed by atoms with van der Waals surface area (Å²) in [5.41, 5.74) is 2.36. The number of nitrogens with one attached hydrogen (secondary N) is 2. The molecule has 0 bridgehead atoms. The molecule has 1 aliphatic heterocycles. The summed E-state index contributed by atoms with van der Waals surface area (Å²) < 4.78 is 4.91. The number of amides is 1. The standard InChI is InChI=1S/C18H29N3O3.2ClH/c1-24-11-8-19-13-18(23)20-12-15-2-4-16(5-3-15)14-21-9-6-17(22)7-10-21;;/h2-5,17,19,22H,6-14H2,1H3,(H,20,23);2*1H. The molecule has 0 unspecified atom stereocenters. The Balaban J connectivity index is 0.00000312. The van der Waals surface area contributed by atoms with Crippen LogP contribution in [0.5, 0.6) is 0 Å². The second-order valence-electron chi connectivity index (χ2n) is 6.27. The molecule has 1 aliphatic rings. The van der Waals surface area contributed by atoms with Crippen molar-refractivity contribution in [1.82, 2.24) is 15.5 Å². The van der Waals surface area contributed by atoms with E-state index in [9.17, 15) is 9.90 Å². The molecule has 0 spiro atoms. The van der Waals surface area contributed by atoms with Crippen molar-refractivity contribution >= 4 is 30.7 Å². The van der Waals surface area contributed by atoms with E-state index in [1.165, 1.54) is 5.56 Å². The van der Waals surface area contributed by atoms with Crippen molar-refractivity contribution in [2.45, 2.75) is 32.0 Å². The lowest BCUT2D eigenvalue weighted by Crippen LogP contribution is -2.35. The number of likely N-dealkylation sites (tertiary alicyclic amines) is 1. The first-order chi connectivity index (χ1) is 11.7. The maximum Gasteiger partial charge on any atom is 0.234 e. The molecule has 1 amide bonds. The Bertz CT molecular complexity index is 495. The summed E-state index contributed by atoms with van der Waals surface area (Å²) in [6, 6.07) is 8.35. The molecule has 0 radical (unpaired) electrons. The molecule has 1 saturated heterocycles. The summed E-state index contributed by atoms with van der Waals surface area (Å²) in [5.74, 6) is -0.0120. The molecule has 150 valence electrons. The van der Waals surface area contributed by atoms with E-state index in [0.29, 0.717) is 26.2 Å². The van der Waals surface area contributed by atoms with E-state index in [4.69, 9.17) is 4.74 Å². The largest absolute Gasteiger partial charge is 0.393 e. The molecule has 1 heterocycles. The molecular formula is C18H31Cl2N3O3. The second kappa shape index (κ2) is 14.2. The van der Waals surface area contributed by atoms with Crippen LogP contribution in [-0.2, 0) is 22.6 Å². The highest BCUT2D eigenvalue weighted by Crippen LogP contribution is 2.14. The topological polar surface area (TPSA) is 73.8 Å². The zero-order valence-electron chi connectivity index (χ0n) is 15.3. The molecule has 3 N–H and O–H groups in total. The number of benzene rings is 1. The number of halogens is 2. The Morgan fingerprint density at radius 3 is 2.42 bits per heavy atom. The summed E-state index contributed by atoms with van der Waals surface area (Å²) in [7, 11) is 1.64. The Hall–Kier alpha value is -0.890. The number of methoxy groups -OCH3 is 1. The van der Waals surface area contributed by atoms with E-state index in [0.717, 1.165) is 38.0 Å². The molecule has 8 heteroatoms. The Morgan fingerprint density at radius 2 is 1.81 bits per heavy atom. The highest BCUT2D eigenvalue weighted by atomic mass is 35.5. The molecule has 1 fully saturated rings. The van der Waals surface area contributed by atoms with Gasteiger partial charge in [-0.3, -0.25) is 9.69 Å².